The van der Waals surface area contributed by atoms with Gasteiger partial charge in [-0.15, -0.1) is 5.10 Å². The van der Waals surface area contributed by atoms with E-state index in [0.717, 1.165) is 0 Å². The zero-order chi connectivity index (χ0) is 25.2. The van der Waals surface area contributed by atoms with Crippen LogP contribution in [0.1, 0.15) is 20.8 Å². The molecule has 2 heterocycles. The molecule has 1 aliphatic heterocycles. The van der Waals surface area contributed by atoms with Crippen molar-refractivity contribution < 1.29 is 23.1 Å². The molecular formula is C25H27F2N5O3. The number of benzene rings is 2. The molecule has 1 aliphatic rings. The van der Waals surface area contributed by atoms with Crippen LogP contribution in [0.4, 0.5) is 13.6 Å². The number of hydrogen-bond acceptors (Lipinski definition) is 5. The fourth-order valence-electron chi connectivity index (χ4n) is 3.68. The Kier molecular flexibility index (Phi) is 6.81. The summed E-state index contributed by atoms with van der Waals surface area (Å²) >= 11 is 0. The highest BCUT2D eigenvalue weighted by atomic mass is 19.1. The number of carbonyl (C=O) groups excluding carboxylic acids is 2. The largest absolute Gasteiger partial charge is 0.444 e. The third-order valence-corrected chi connectivity index (χ3v) is 5.45. The molecule has 2 aromatic carbocycles. The van der Waals surface area contributed by atoms with E-state index < -0.39 is 17.5 Å². The zero-order valence-electron chi connectivity index (χ0n) is 19.9. The van der Waals surface area contributed by atoms with Crippen molar-refractivity contribution in [2.45, 2.75) is 32.9 Å². The Balaban J connectivity index is 1.51. The van der Waals surface area contributed by atoms with Crippen LogP contribution in [0.2, 0.25) is 0 Å². The SMILES string of the molecule is CC(C)(C)OC(=O)N1CCN(C(=O)Cn2nc(-c3ccc(F)cc3)nc2-c2ccc(F)cc2)CC1. The minimum Gasteiger partial charge on any atom is -0.444 e. The summed E-state index contributed by atoms with van der Waals surface area (Å²) in [5, 5.41) is 4.48. The van der Waals surface area contributed by atoms with Gasteiger partial charge in [0.2, 0.25) is 5.91 Å². The first kappa shape index (κ1) is 24.3. The van der Waals surface area contributed by atoms with E-state index in [4.69, 9.17) is 4.74 Å². The monoisotopic (exact) mass is 483 g/mol. The summed E-state index contributed by atoms with van der Waals surface area (Å²) in [4.78, 5) is 33.2. The third-order valence-electron chi connectivity index (χ3n) is 5.45. The standard InChI is InChI=1S/C25H27F2N5O3/c1-25(2,3)35-24(34)31-14-12-30(13-15-31)21(33)16-32-23(18-6-10-20(27)11-7-18)28-22(29-32)17-4-8-19(26)9-5-17/h4-11H,12-16H2,1-3H3. The molecule has 2 amide bonds. The number of hydrogen-bond donors (Lipinski definition) is 0. The van der Waals surface area contributed by atoms with Gasteiger partial charge in [0.05, 0.1) is 0 Å². The molecule has 1 aromatic heterocycles. The van der Waals surface area contributed by atoms with Gasteiger partial charge in [0.25, 0.3) is 0 Å². The van der Waals surface area contributed by atoms with Gasteiger partial charge in [0.1, 0.15) is 23.8 Å². The van der Waals surface area contributed by atoms with Crippen LogP contribution >= 0.6 is 0 Å². The second-order valence-corrected chi connectivity index (χ2v) is 9.28. The van der Waals surface area contributed by atoms with Crippen molar-refractivity contribution in [3.8, 4) is 22.8 Å². The van der Waals surface area contributed by atoms with Gasteiger partial charge in [-0.2, -0.15) is 0 Å². The van der Waals surface area contributed by atoms with E-state index in [1.807, 2.05) is 20.8 Å². The van der Waals surface area contributed by atoms with Crippen LogP contribution in [0.15, 0.2) is 48.5 Å². The number of aromatic nitrogens is 3. The van der Waals surface area contributed by atoms with Crippen molar-refractivity contribution in [3.05, 3.63) is 60.2 Å². The summed E-state index contributed by atoms with van der Waals surface area (Å²) in [6.45, 7) is 6.79. The molecule has 1 fully saturated rings. The van der Waals surface area contributed by atoms with Gasteiger partial charge in [-0.05, 0) is 69.3 Å². The maximum Gasteiger partial charge on any atom is 0.410 e. The molecule has 0 unspecified atom stereocenters. The summed E-state index contributed by atoms with van der Waals surface area (Å²) in [6.07, 6.45) is -0.400. The van der Waals surface area contributed by atoms with E-state index in [2.05, 4.69) is 10.1 Å². The Morgan fingerprint density at radius 1 is 0.857 bits per heavy atom. The fourth-order valence-corrected chi connectivity index (χ4v) is 3.68. The highest BCUT2D eigenvalue weighted by Gasteiger charge is 2.28. The van der Waals surface area contributed by atoms with Crippen molar-refractivity contribution in [1.29, 1.82) is 0 Å². The molecule has 0 atom stereocenters. The summed E-state index contributed by atoms with van der Waals surface area (Å²) in [5.41, 5.74) is 0.595. The first-order chi connectivity index (χ1) is 16.6. The third kappa shape index (κ3) is 6.00. The van der Waals surface area contributed by atoms with Gasteiger partial charge in [-0.25, -0.2) is 23.2 Å². The maximum absolute atomic E-state index is 13.5. The van der Waals surface area contributed by atoms with Crippen molar-refractivity contribution in [2.24, 2.45) is 0 Å². The minimum atomic E-state index is -0.587. The predicted octanol–water partition coefficient (Wildman–Crippen LogP) is 3.97. The summed E-state index contributed by atoms with van der Waals surface area (Å²) in [5.74, 6) is -0.241. The lowest BCUT2D eigenvalue weighted by molar-refractivity contribution is -0.133. The Bertz CT molecular complexity index is 1200. The zero-order valence-corrected chi connectivity index (χ0v) is 19.9. The van der Waals surface area contributed by atoms with Crippen LogP contribution in [-0.4, -0.2) is 68.3 Å². The Hall–Kier alpha value is -3.82. The van der Waals surface area contributed by atoms with Crippen LogP contribution in [0.5, 0.6) is 0 Å². The first-order valence-corrected chi connectivity index (χ1v) is 11.3. The van der Waals surface area contributed by atoms with Gasteiger partial charge in [0, 0.05) is 37.3 Å². The van der Waals surface area contributed by atoms with Crippen molar-refractivity contribution in [2.75, 3.05) is 26.2 Å². The topological polar surface area (TPSA) is 80.6 Å². The van der Waals surface area contributed by atoms with Gasteiger partial charge in [-0.1, -0.05) is 0 Å². The van der Waals surface area contributed by atoms with Crippen LogP contribution in [-0.2, 0) is 16.1 Å². The van der Waals surface area contributed by atoms with Gasteiger partial charge >= 0.3 is 6.09 Å². The van der Waals surface area contributed by atoms with E-state index in [9.17, 15) is 18.4 Å². The molecule has 0 N–H and O–H groups in total. The van der Waals surface area contributed by atoms with Crippen molar-refractivity contribution in [3.63, 3.8) is 0 Å². The fraction of sp³-hybridized carbons (Fsp3) is 0.360. The second kappa shape index (κ2) is 9.81. The number of ether oxygens (including phenoxy) is 1. The molecule has 0 bridgehead atoms. The lowest BCUT2D eigenvalue weighted by Crippen LogP contribution is -2.52. The van der Waals surface area contributed by atoms with Crippen LogP contribution in [0, 0.1) is 11.6 Å². The number of amides is 2. The molecular weight excluding hydrogens is 456 g/mol. The number of rotatable bonds is 4. The Morgan fingerprint density at radius 3 is 1.91 bits per heavy atom. The molecule has 184 valence electrons. The molecule has 8 nitrogen and oxygen atoms in total. The lowest BCUT2D eigenvalue weighted by Gasteiger charge is -2.35. The average molecular weight is 484 g/mol. The smallest absolute Gasteiger partial charge is 0.410 e. The highest BCUT2D eigenvalue weighted by molar-refractivity contribution is 5.77. The number of halogens is 2. The molecule has 35 heavy (non-hydrogen) atoms. The molecule has 3 aromatic rings. The van der Waals surface area contributed by atoms with E-state index in [0.29, 0.717) is 49.0 Å². The summed E-state index contributed by atoms with van der Waals surface area (Å²) in [6, 6.07) is 11.5. The summed E-state index contributed by atoms with van der Waals surface area (Å²) in [7, 11) is 0. The number of nitrogens with zero attached hydrogens (tertiary/aromatic N) is 5. The average Bonchev–Trinajstić information content (AvgIpc) is 3.22. The maximum atomic E-state index is 13.5. The Labute approximate surface area is 202 Å². The minimum absolute atomic E-state index is 0.0899. The molecule has 10 heteroatoms. The van der Waals surface area contributed by atoms with E-state index >= 15 is 0 Å². The highest BCUT2D eigenvalue weighted by Crippen LogP contribution is 2.23. The Morgan fingerprint density at radius 2 is 1.37 bits per heavy atom. The summed E-state index contributed by atoms with van der Waals surface area (Å²) < 4.78 is 33.7. The molecule has 0 radical (unpaired) electrons. The number of piperazine rings is 1. The van der Waals surface area contributed by atoms with Crippen LogP contribution in [0.3, 0.4) is 0 Å². The van der Waals surface area contributed by atoms with E-state index in [1.54, 1.807) is 34.1 Å². The van der Waals surface area contributed by atoms with Crippen molar-refractivity contribution in [1.82, 2.24) is 24.6 Å². The number of carbonyl (C=O) groups is 2. The molecule has 0 spiro atoms. The van der Waals surface area contributed by atoms with Gasteiger partial charge in [0.15, 0.2) is 11.6 Å². The quantitative estimate of drug-likeness (QED) is 0.561. The molecule has 1 saturated heterocycles. The lowest BCUT2D eigenvalue weighted by atomic mass is 10.2. The molecule has 0 saturated carbocycles. The normalized spacial score (nSPS) is 14.2. The predicted molar refractivity (Wildman–Crippen MR) is 125 cm³/mol. The first-order valence-electron chi connectivity index (χ1n) is 11.3. The second-order valence-electron chi connectivity index (χ2n) is 9.28. The van der Waals surface area contributed by atoms with E-state index in [1.165, 1.54) is 28.9 Å². The molecule has 4 rings (SSSR count). The van der Waals surface area contributed by atoms with Gasteiger partial charge < -0.3 is 14.5 Å². The van der Waals surface area contributed by atoms with Gasteiger partial charge in [-0.3, -0.25) is 4.79 Å². The van der Waals surface area contributed by atoms with E-state index in [-0.39, 0.29) is 18.3 Å². The van der Waals surface area contributed by atoms with Crippen LogP contribution < -0.4 is 0 Å². The van der Waals surface area contributed by atoms with Crippen molar-refractivity contribution >= 4 is 12.0 Å². The molecule has 0 aliphatic carbocycles. The van der Waals surface area contributed by atoms with Crippen LogP contribution in [0.25, 0.3) is 22.8 Å².